The fraction of sp³-hybridized carbons (Fsp3) is 0.148. The zero-order valence-corrected chi connectivity index (χ0v) is 22.5. The Morgan fingerprint density at radius 3 is 2.15 bits per heavy atom. The summed E-state index contributed by atoms with van der Waals surface area (Å²) in [7, 11) is 5.82. The molecule has 13 heteroatoms. The van der Waals surface area contributed by atoms with Crippen molar-refractivity contribution in [1.29, 1.82) is 0 Å². The van der Waals surface area contributed by atoms with Crippen LogP contribution in [0.15, 0.2) is 90.0 Å². The summed E-state index contributed by atoms with van der Waals surface area (Å²) >= 11 is 1.61. The predicted molar refractivity (Wildman–Crippen MR) is 152 cm³/mol. The van der Waals surface area contributed by atoms with Crippen molar-refractivity contribution in [2.45, 2.75) is 11.3 Å². The van der Waals surface area contributed by atoms with Gasteiger partial charge in [0.25, 0.3) is 0 Å². The minimum absolute atomic E-state index is 0.305. The molecule has 0 saturated carbocycles. The Balaban J connectivity index is 1.35. The molecule has 0 aliphatic carbocycles. The van der Waals surface area contributed by atoms with Crippen LogP contribution in [0.2, 0.25) is 0 Å². The first-order valence-electron chi connectivity index (χ1n) is 11.9. The molecule has 0 fully saturated rings. The smallest absolute Gasteiger partial charge is 0.406 e. The van der Waals surface area contributed by atoms with Gasteiger partial charge in [0.1, 0.15) is 11.6 Å². The Hall–Kier alpha value is -4.49. The highest BCUT2D eigenvalue weighted by Gasteiger charge is 2.31. The summed E-state index contributed by atoms with van der Waals surface area (Å²) in [5.41, 5.74) is 2.51. The van der Waals surface area contributed by atoms with Gasteiger partial charge < -0.3 is 25.6 Å². The molecule has 40 heavy (non-hydrogen) atoms. The molecule has 3 N–H and O–H groups in total. The number of ether oxygens (including phenoxy) is 1. The van der Waals surface area contributed by atoms with Crippen molar-refractivity contribution in [2.75, 3.05) is 42.0 Å². The lowest BCUT2D eigenvalue weighted by Gasteiger charge is -2.19. The van der Waals surface area contributed by atoms with Gasteiger partial charge in [-0.1, -0.05) is 6.07 Å². The van der Waals surface area contributed by atoms with E-state index in [9.17, 15) is 18.0 Å². The molecule has 208 valence electrons. The number of rotatable bonds is 9. The summed E-state index contributed by atoms with van der Waals surface area (Å²) in [5.74, 6) is 0.732. The van der Waals surface area contributed by atoms with Crippen molar-refractivity contribution < 1.29 is 22.7 Å². The van der Waals surface area contributed by atoms with Crippen LogP contribution in [0.4, 0.5) is 52.5 Å². The number of nitrogens with zero attached hydrogens (tertiary/aromatic N) is 4. The second kappa shape index (κ2) is 12.6. The van der Waals surface area contributed by atoms with Crippen LogP contribution in [0.1, 0.15) is 0 Å². The van der Waals surface area contributed by atoms with Crippen LogP contribution in [0.25, 0.3) is 0 Å². The van der Waals surface area contributed by atoms with Crippen LogP contribution in [-0.2, 0) is 0 Å². The molecule has 3 aromatic carbocycles. The summed E-state index contributed by atoms with van der Waals surface area (Å²) in [5, 5.41) is 8.47. The molecule has 2 amide bonds. The molecule has 4 rings (SSSR count). The number of alkyl halides is 3. The van der Waals surface area contributed by atoms with Gasteiger partial charge in [0.2, 0.25) is 5.95 Å². The monoisotopic (exact) mass is 569 g/mol. The maximum Gasteiger partial charge on any atom is 0.573 e. The van der Waals surface area contributed by atoms with E-state index in [1.165, 1.54) is 12.1 Å². The minimum Gasteiger partial charge on any atom is -0.406 e. The first-order valence-corrected chi connectivity index (χ1v) is 12.6. The third-order valence-corrected chi connectivity index (χ3v) is 6.05. The zero-order valence-electron chi connectivity index (χ0n) is 21.7. The van der Waals surface area contributed by atoms with Gasteiger partial charge in [-0.25, -0.2) is 9.78 Å². The molecule has 1 heterocycles. The third-order valence-electron chi connectivity index (χ3n) is 5.22. The molecule has 9 nitrogen and oxygen atoms in total. The molecular formula is C27H26F3N7O2S. The first-order chi connectivity index (χ1) is 19.0. The molecular weight excluding hydrogens is 543 g/mol. The van der Waals surface area contributed by atoms with Crippen LogP contribution in [0.3, 0.4) is 0 Å². The van der Waals surface area contributed by atoms with Crippen molar-refractivity contribution in [3.8, 4) is 5.75 Å². The number of halogens is 3. The number of anilines is 6. The number of hydrogen-bond donors (Lipinski definition) is 3. The number of amides is 2. The highest BCUT2D eigenvalue weighted by atomic mass is 32.2. The van der Waals surface area contributed by atoms with E-state index in [4.69, 9.17) is 0 Å². The van der Waals surface area contributed by atoms with Crippen molar-refractivity contribution in [3.63, 3.8) is 0 Å². The average molecular weight is 570 g/mol. The summed E-state index contributed by atoms with van der Waals surface area (Å²) in [4.78, 5) is 24.2. The maximum absolute atomic E-state index is 12.3. The fourth-order valence-corrected chi connectivity index (χ4v) is 4.24. The summed E-state index contributed by atoms with van der Waals surface area (Å²) in [6.45, 7) is 0. The van der Waals surface area contributed by atoms with Gasteiger partial charge in [-0.05, 0) is 98.8 Å². The minimum atomic E-state index is -4.78. The molecule has 0 atom stereocenters. The van der Waals surface area contributed by atoms with E-state index in [0.29, 0.717) is 23.1 Å². The molecule has 0 aliphatic rings. The Bertz CT molecular complexity index is 1440. The average Bonchev–Trinajstić information content (AvgIpc) is 2.89. The predicted octanol–water partition coefficient (Wildman–Crippen LogP) is 7.10. The first kappa shape index (κ1) is 28.5. The fourth-order valence-electron chi connectivity index (χ4n) is 3.50. The Morgan fingerprint density at radius 2 is 1.52 bits per heavy atom. The Morgan fingerprint density at radius 1 is 0.875 bits per heavy atom. The quantitative estimate of drug-likeness (QED) is 0.184. The van der Waals surface area contributed by atoms with E-state index in [1.54, 1.807) is 36.3 Å². The van der Waals surface area contributed by atoms with Crippen molar-refractivity contribution >= 4 is 52.5 Å². The Labute approximate surface area is 233 Å². The molecule has 0 radical (unpaired) electrons. The number of benzene rings is 3. The normalized spacial score (nSPS) is 11.2. The lowest BCUT2D eigenvalue weighted by atomic mass is 10.2. The van der Waals surface area contributed by atoms with Gasteiger partial charge in [0.05, 0.1) is 0 Å². The van der Waals surface area contributed by atoms with Crippen molar-refractivity contribution in [3.05, 3.63) is 85.1 Å². The van der Waals surface area contributed by atoms with Gasteiger partial charge in [-0.15, -0.1) is 13.2 Å². The summed E-state index contributed by atoms with van der Waals surface area (Å²) in [6.07, 6.45) is -3.11. The van der Waals surface area contributed by atoms with Gasteiger partial charge in [0, 0.05) is 40.9 Å². The Kier molecular flexibility index (Phi) is 8.97. The van der Waals surface area contributed by atoms with E-state index in [1.807, 2.05) is 66.7 Å². The van der Waals surface area contributed by atoms with Crippen molar-refractivity contribution in [1.82, 2.24) is 14.3 Å². The van der Waals surface area contributed by atoms with Crippen LogP contribution in [-0.4, -0.2) is 47.8 Å². The number of aromatic nitrogens is 2. The molecule has 0 bridgehead atoms. The van der Waals surface area contributed by atoms with Gasteiger partial charge in [-0.2, -0.15) is 4.98 Å². The van der Waals surface area contributed by atoms with E-state index in [-0.39, 0.29) is 5.75 Å². The second-order valence-corrected chi connectivity index (χ2v) is 9.94. The third kappa shape index (κ3) is 8.51. The lowest BCUT2D eigenvalue weighted by Crippen LogP contribution is -2.20. The number of carbonyl (C=O) groups excluding carboxylic acids is 1. The van der Waals surface area contributed by atoms with Gasteiger partial charge in [0.15, 0.2) is 0 Å². The van der Waals surface area contributed by atoms with E-state index >= 15 is 0 Å². The summed E-state index contributed by atoms with van der Waals surface area (Å²) < 4.78 is 42.7. The highest BCUT2D eigenvalue weighted by molar-refractivity contribution is 7.97. The molecule has 0 aliphatic heterocycles. The number of carbonyl (C=O) groups is 1. The van der Waals surface area contributed by atoms with Gasteiger partial charge in [-0.3, -0.25) is 4.31 Å². The number of urea groups is 1. The lowest BCUT2D eigenvalue weighted by molar-refractivity contribution is -0.274. The molecule has 0 saturated heterocycles. The molecule has 0 unspecified atom stereocenters. The van der Waals surface area contributed by atoms with E-state index in [2.05, 4.69) is 30.7 Å². The van der Waals surface area contributed by atoms with E-state index < -0.39 is 12.4 Å². The standard InChI is InChI=1S/C27H26F3N7O2S/c1-36(2)40-23-6-4-5-20(17-23)32-25-31-16-15-24(35-25)37(3)21-11-7-18(8-12-21)33-26(38)34-19-9-13-22(14-10-19)39-27(28,29)30/h4-17H,1-3H3,(H,31,32,35)(H2,33,34,38). The largest absolute Gasteiger partial charge is 0.573 e. The SMILES string of the molecule is CN(C)Sc1cccc(Nc2nccc(N(C)c3ccc(NC(=O)Nc4ccc(OC(F)(F)F)cc4)cc3)n2)c1. The van der Waals surface area contributed by atoms with E-state index in [0.717, 1.165) is 28.4 Å². The van der Waals surface area contributed by atoms with Crippen LogP contribution >= 0.6 is 11.9 Å². The second-order valence-electron chi connectivity index (χ2n) is 8.55. The van der Waals surface area contributed by atoms with Crippen molar-refractivity contribution in [2.24, 2.45) is 0 Å². The molecule has 1 aromatic heterocycles. The van der Waals surface area contributed by atoms with Gasteiger partial charge >= 0.3 is 12.4 Å². The zero-order chi connectivity index (χ0) is 28.7. The van der Waals surface area contributed by atoms with Crippen LogP contribution in [0, 0.1) is 0 Å². The maximum atomic E-state index is 12.3. The topological polar surface area (TPSA) is 94.7 Å². The molecule has 4 aromatic rings. The molecule has 0 spiro atoms. The van der Waals surface area contributed by atoms with Crippen LogP contribution < -0.4 is 25.6 Å². The van der Waals surface area contributed by atoms with Crippen LogP contribution in [0.5, 0.6) is 5.75 Å². The number of nitrogens with one attached hydrogen (secondary N) is 3. The number of hydrogen-bond acceptors (Lipinski definition) is 8. The highest BCUT2D eigenvalue weighted by Crippen LogP contribution is 2.27. The summed E-state index contributed by atoms with van der Waals surface area (Å²) in [6, 6.07) is 21.1.